The summed E-state index contributed by atoms with van der Waals surface area (Å²) in [5.74, 6) is 0.206. The van der Waals surface area contributed by atoms with E-state index in [1.807, 2.05) is 13.8 Å². The normalized spacial score (nSPS) is 12.2. The molecule has 5 nitrogen and oxygen atoms in total. The fourth-order valence-corrected chi connectivity index (χ4v) is 1.19. The average molecular weight is 225 g/mol. The van der Waals surface area contributed by atoms with Gasteiger partial charge in [0.05, 0.1) is 11.0 Å². The van der Waals surface area contributed by atoms with Gasteiger partial charge in [-0.15, -0.1) is 0 Å². The minimum absolute atomic E-state index is 0.0702. The monoisotopic (exact) mass is 225 g/mol. The van der Waals surface area contributed by atoms with Gasteiger partial charge in [-0.25, -0.2) is 0 Å². The number of aliphatic hydroxyl groups excluding tert-OH is 1. The highest BCUT2D eigenvalue weighted by atomic mass is 16.6. The van der Waals surface area contributed by atoms with Crippen LogP contribution >= 0.6 is 0 Å². The van der Waals surface area contributed by atoms with Crippen molar-refractivity contribution in [3.8, 4) is 5.75 Å². The van der Waals surface area contributed by atoms with Gasteiger partial charge >= 0.3 is 5.69 Å². The summed E-state index contributed by atoms with van der Waals surface area (Å²) >= 11 is 0. The molecule has 1 rings (SSSR count). The minimum atomic E-state index is -0.597. The van der Waals surface area contributed by atoms with E-state index in [1.54, 1.807) is 12.1 Å². The second-order valence-electron chi connectivity index (χ2n) is 3.60. The predicted octanol–water partition coefficient (Wildman–Crippen LogP) is 2.05. The quantitative estimate of drug-likeness (QED) is 0.614. The standard InChI is InChI=1S/C11H15NO4/c1-3-9(13)7-16-11-6-8(2)4-5-10(11)12(14)15/h4-6,9,13H,3,7H2,1-2H3. The van der Waals surface area contributed by atoms with E-state index >= 15 is 0 Å². The van der Waals surface area contributed by atoms with Crippen molar-refractivity contribution in [2.45, 2.75) is 26.4 Å². The van der Waals surface area contributed by atoms with Crippen molar-refractivity contribution in [1.82, 2.24) is 0 Å². The van der Waals surface area contributed by atoms with Gasteiger partial charge in [-0.2, -0.15) is 0 Å². The van der Waals surface area contributed by atoms with E-state index in [9.17, 15) is 15.2 Å². The lowest BCUT2D eigenvalue weighted by atomic mass is 10.2. The summed E-state index contributed by atoms with van der Waals surface area (Å²) in [6, 6.07) is 4.66. The van der Waals surface area contributed by atoms with Gasteiger partial charge < -0.3 is 9.84 Å². The van der Waals surface area contributed by atoms with E-state index in [1.165, 1.54) is 6.07 Å². The van der Waals surface area contributed by atoms with E-state index in [4.69, 9.17) is 4.74 Å². The Morgan fingerprint density at radius 3 is 2.81 bits per heavy atom. The first kappa shape index (κ1) is 12.4. The van der Waals surface area contributed by atoms with Crippen LogP contribution in [0.2, 0.25) is 0 Å². The molecular weight excluding hydrogens is 210 g/mol. The lowest BCUT2D eigenvalue weighted by Gasteiger charge is -2.10. The lowest BCUT2D eigenvalue weighted by molar-refractivity contribution is -0.385. The number of ether oxygens (including phenoxy) is 1. The molecule has 1 aromatic rings. The van der Waals surface area contributed by atoms with Crippen LogP contribution in [0.25, 0.3) is 0 Å². The van der Waals surface area contributed by atoms with Crippen LogP contribution in [0.15, 0.2) is 18.2 Å². The van der Waals surface area contributed by atoms with Crippen LogP contribution in [0.3, 0.4) is 0 Å². The molecule has 1 N–H and O–H groups in total. The average Bonchev–Trinajstić information content (AvgIpc) is 2.25. The maximum Gasteiger partial charge on any atom is 0.310 e. The highest BCUT2D eigenvalue weighted by Gasteiger charge is 2.15. The molecule has 0 saturated heterocycles. The molecule has 1 unspecified atom stereocenters. The maximum atomic E-state index is 10.7. The summed E-state index contributed by atoms with van der Waals surface area (Å²) in [7, 11) is 0. The first-order valence-corrected chi connectivity index (χ1v) is 5.10. The van der Waals surface area contributed by atoms with Crippen molar-refractivity contribution in [2.24, 2.45) is 0 Å². The Hall–Kier alpha value is -1.62. The van der Waals surface area contributed by atoms with Gasteiger partial charge in [0.25, 0.3) is 0 Å². The number of benzene rings is 1. The van der Waals surface area contributed by atoms with Crippen LogP contribution in [-0.2, 0) is 0 Å². The van der Waals surface area contributed by atoms with E-state index in [0.29, 0.717) is 6.42 Å². The van der Waals surface area contributed by atoms with Crippen molar-refractivity contribution in [2.75, 3.05) is 6.61 Å². The molecule has 0 bridgehead atoms. The minimum Gasteiger partial charge on any atom is -0.484 e. The summed E-state index contributed by atoms with van der Waals surface area (Å²) in [5.41, 5.74) is 0.806. The number of nitro benzene ring substituents is 1. The maximum absolute atomic E-state index is 10.7. The molecule has 5 heteroatoms. The molecule has 0 fully saturated rings. The van der Waals surface area contributed by atoms with E-state index in [2.05, 4.69) is 0 Å². The van der Waals surface area contributed by atoms with Gasteiger partial charge in [0, 0.05) is 6.07 Å². The summed E-state index contributed by atoms with van der Waals surface area (Å²) in [6.45, 7) is 3.71. The smallest absolute Gasteiger partial charge is 0.310 e. The fourth-order valence-electron chi connectivity index (χ4n) is 1.19. The van der Waals surface area contributed by atoms with Crippen molar-refractivity contribution >= 4 is 5.69 Å². The Bertz CT molecular complexity index is 378. The molecule has 1 aromatic carbocycles. The van der Waals surface area contributed by atoms with Gasteiger partial charge in [0.15, 0.2) is 5.75 Å². The summed E-state index contributed by atoms with van der Waals surface area (Å²) in [6.07, 6.45) is -0.0419. The highest BCUT2D eigenvalue weighted by Crippen LogP contribution is 2.27. The summed E-state index contributed by atoms with van der Waals surface area (Å²) in [4.78, 5) is 10.2. The largest absolute Gasteiger partial charge is 0.484 e. The van der Waals surface area contributed by atoms with Crippen LogP contribution in [-0.4, -0.2) is 22.7 Å². The molecule has 1 atom stereocenters. The van der Waals surface area contributed by atoms with Crippen molar-refractivity contribution in [3.63, 3.8) is 0 Å². The molecule has 0 aromatic heterocycles. The van der Waals surface area contributed by atoms with Crippen molar-refractivity contribution < 1.29 is 14.8 Å². The molecule has 0 saturated carbocycles. The zero-order valence-electron chi connectivity index (χ0n) is 9.34. The van der Waals surface area contributed by atoms with Crippen LogP contribution in [0.1, 0.15) is 18.9 Å². The second-order valence-corrected chi connectivity index (χ2v) is 3.60. The van der Waals surface area contributed by atoms with Crippen LogP contribution in [0.4, 0.5) is 5.69 Å². The molecular formula is C11H15NO4. The molecule has 0 spiro atoms. The Morgan fingerprint density at radius 1 is 1.56 bits per heavy atom. The van der Waals surface area contributed by atoms with Crippen LogP contribution in [0, 0.1) is 17.0 Å². The zero-order chi connectivity index (χ0) is 12.1. The van der Waals surface area contributed by atoms with Gasteiger partial charge in [-0.1, -0.05) is 13.0 Å². The van der Waals surface area contributed by atoms with Gasteiger partial charge in [-0.05, 0) is 25.0 Å². The molecule has 0 aliphatic heterocycles. The van der Waals surface area contributed by atoms with Gasteiger partial charge in [0.2, 0.25) is 0 Å². The first-order valence-electron chi connectivity index (χ1n) is 5.10. The molecule has 0 amide bonds. The van der Waals surface area contributed by atoms with E-state index in [-0.39, 0.29) is 18.0 Å². The SMILES string of the molecule is CCC(O)COc1cc(C)ccc1[N+](=O)[O-]. The van der Waals surface area contributed by atoms with Gasteiger partial charge in [-0.3, -0.25) is 10.1 Å². The Labute approximate surface area is 93.8 Å². The molecule has 16 heavy (non-hydrogen) atoms. The third kappa shape index (κ3) is 3.20. The number of aryl methyl sites for hydroxylation is 1. The van der Waals surface area contributed by atoms with Crippen molar-refractivity contribution in [1.29, 1.82) is 0 Å². The highest BCUT2D eigenvalue weighted by molar-refractivity contribution is 5.48. The third-order valence-electron chi connectivity index (χ3n) is 2.21. The number of rotatable bonds is 5. The number of nitrogens with zero attached hydrogens (tertiary/aromatic N) is 1. The molecule has 0 aliphatic rings. The van der Waals surface area contributed by atoms with Crippen LogP contribution in [0.5, 0.6) is 5.75 Å². The third-order valence-corrected chi connectivity index (χ3v) is 2.21. The lowest BCUT2D eigenvalue weighted by Crippen LogP contribution is -2.16. The fraction of sp³-hybridized carbons (Fsp3) is 0.455. The molecule has 88 valence electrons. The number of hydrogen-bond acceptors (Lipinski definition) is 4. The van der Waals surface area contributed by atoms with E-state index in [0.717, 1.165) is 5.56 Å². The number of hydrogen-bond donors (Lipinski definition) is 1. The summed E-state index contributed by atoms with van der Waals surface area (Å²) < 4.78 is 5.24. The van der Waals surface area contributed by atoms with Gasteiger partial charge in [0.1, 0.15) is 6.61 Å². The topological polar surface area (TPSA) is 72.6 Å². The van der Waals surface area contributed by atoms with E-state index < -0.39 is 11.0 Å². The zero-order valence-corrected chi connectivity index (χ0v) is 9.34. The van der Waals surface area contributed by atoms with Crippen LogP contribution < -0.4 is 4.74 Å². The first-order chi connectivity index (χ1) is 7.54. The Morgan fingerprint density at radius 2 is 2.25 bits per heavy atom. The van der Waals surface area contributed by atoms with Crippen molar-refractivity contribution in [3.05, 3.63) is 33.9 Å². The predicted molar refractivity (Wildman–Crippen MR) is 59.6 cm³/mol. The number of aliphatic hydroxyl groups is 1. The second kappa shape index (κ2) is 5.46. The summed E-state index contributed by atoms with van der Waals surface area (Å²) in [5, 5.41) is 20.0. The Balaban J connectivity index is 2.84. The Kier molecular flexibility index (Phi) is 4.25. The molecule has 0 heterocycles. The molecule has 0 radical (unpaired) electrons. The molecule has 0 aliphatic carbocycles. The number of nitro groups is 1.